The first-order valence-corrected chi connectivity index (χ1v) is 14.1. The molecule has 0 radical (unpaired) electrons. The highest BCUT2D eigenvalue weighted by Gasteiger charge is 2.22. The van der Waals surface area contributed by atoms with E-state index in [-0.39, 0.29) is 31.0 Å². The molecule has 1 aliphatic rings. The van der Waals surface area contributed by atoms with Crippen LogP contribution in [0.2, 0.25) is 0 Å². The fourth-order valence-electron chi connectivity index (χ4n) is 3.97. The fraction of sp³-hybridized carbons (Fsp3) is 0.385. The first kappa shape index (κ1) is 27.5. The van der Waals surface area contributed by atoms with E-state index in [1.54, 1.807) is 6.07 Å². The van der Waals surface area contributed by atoms with Crippen molar-refractivity contribution in [2.45, 2.75) is 56.4 Å². The van der Waals surface area contributed by atoms with Crippen molar-refractivity contribution >= 4 is 44.4 Å². The second kappa shape index (κ2) is 13.8. The number of quaternary nitrogens is 1. The predicted molar refractivity (Wildman–Crippen MR) is 137 cm³/mol. The third-order valence-corrected chi connectivity index (χ3v) is 8.89. The lowest BCUT2D eigenvalue weighted by atomic mass is 10.1. The number of nitrogens with one attached hydrogen (secondary N) is 1. The Bertz CT molecular complexity index is 1100. The van der Waals surface area contributed by atoms with Crippen LogP contribution in [0.4, 0.5) is 0 Å². The molecule has 2 aromatic carbocycles. The van der Waals surface area contributed by atoms with Crippen LogP contribution in [0.1, 0.15) is 43.2 Å². The van der Waals surface area contributed by atoms with Crippen LogP contribution in [0.5, 0.6) is 5.75 Å². The van der Waals surface area contributed by atoms with Gasteiger partial charge in [-0.1, -0.05) is 58.3 Å². The van der Waals surface area contributed by atoms with Gasteiger partial charge in [-0.05, 0) is 48.6 Å². The number of hydrogen-bond acceptors (Lipinski definition) is 6. The molecule has 1 aliphatic heterocycles. The minimum atomic E-state index is -0.537. The molecule has 188 valence electrons. The van der Waals surface area contributed by atoms with E-state index in [0.29, 0.717) is 18.6 Å². The van der Waals surface area contributed by atoms with Gasteiger partial charge < -0.3 is 32.6 Å². The molecule has 2 atom stereocenters. The maximum absolute atomic E-state index is 12.4. The number of halogens is 1. The highest BCUT2D eigenvalue weighted by atomic mass is 35.5. The van der Waals surface area contributed by atoms with Crippen molar-refractivity contribution in [1.29, 1.82) is 0 Å². The standard InChI is InChI=1S/C26H30N2O4S2.ClH/c27-23(26(30)31-17-18-6-2-1-3-7-18)14-19-16-28-24-11-10-20(15-22(19)24)32-25(29)9-5-4-8-21-12-13-33-34-21;/h1-3,6-7,10-11,15-16,21,23,28H,4-5,8-9,12-14,17,27H2;1H/t21?,23-;/m0./s1. The van der Waals surface area contributed by atoms with Crippen molar-refractivity contribution in [3.8, 4) is 5.75 Å². The normalized spacial score (nSPS) is 16.0. The molecule has 0 amide bonds. The number of fused-ring (bicyclic) bond motifs is 1. The number of hydrogen-bond donors (Lipinski definition) is 2. The van der Waals surface area contributed by atoms with Crippen LogP contribution in [0.3, 0.4) is 0 Å². The van der Waals surface area contributed by atoms with Crippen molar-refractivity contribution in [3.63, 3.8) is 0 Å². The summed E-state index contributed by atoms with van der Waals surface area (Å²) in [5.41, 5.74) is 6.80. The summed E-state index contributed by atoms with van der Waals surface area (Å²) in [7, 11) is 3.93. The summed E-state index contributed by atoms with van der Waals surface area (Å²) < 4.78 is 11.0. The lowest BCUT2D eigenvalue weighted by Gasteiger charge is -2.09. The maximum atomic E-state index is 12.4. The highest BCUT2D eigenvalue weighted by molar-refractivity contribution is 8.77. The number of rotatable bonds is 11. The van der Waals surface area contributed by atoms with Crippen LogP contribution >= 0.6 is 21.6 Å². The summed E-state index contributed by atoms with van der Waals surface area (Å²) in [6.07, 6.45) is 7.09. The molecule has 0 saturated carbocycles. The topological polar surface area (TPSA) is 96.0 Å². The van der Waals surface area contributed by atoms with Crippen molar-refractivity contribution in [2.75, 3.05) is 5.75 Å². The van der Waals surface area contributed by atoms with E-state index >= 15 is 0 Å². The second-order valence-electron chi connectivity index (χ2n) is 8.56. The molecule has 0 spiro atoms. The summed E-state index contributed by atoms with van der Waals surface area (Å²) in [6, 6.07) is 14.6. The SMILES string of the molecule is [Cl-].[NH3+][C@@H](Cc1c[nH]c2ccc(OC(=O)CCCCC3CCSS3)cc12)C(=O)OCc1ccccc1. The van der Waals surface area contributed by atoms with Crippen LogP contribution in [0.15, 0.2) is 54.7 Å². The van der Waals surface area contributed by atoms with E-state index in [0.717, 1.165) is 40.1 Å². The third kappa shape index (κ3) is 8.20. The lowest BCUT2D eigenvalue weighted by Crippen LogP contribution is -3.00. The molecular weight excluding hydrogens is 504 g/mol. The van der Waals surface area contributed by atoms with Crippen LogP contribution in [0.25, 0.3) is 10.9 Å². The van der Waals surface area contributed by atoms with Crippen molar-refractivity contribution in [3.05, 3.63) is 65.9 Å². The number of H-pyrrole nitrogens is 1. The van der Waals surface area contributed by atoms with Crippen molar-refractivity contribution in [2.24, 2.45) is 0 Å². The first-order chi connectivity index (χ1) is 16.6. The molecule has 2 heterocycles. The van der Waals surface area contributed by atoms with Gasteiger partial charge >= 0.3 is 11.9 Å². The second-order valence-corrected chi connectivity index (χ2v) is 11.4. The minimum Gasteiger partial charge on any atom is -1.00 e. The van der Waals surface area contributed by atoms with Gasteiger partial charge in [-0.15, -0.1) is 0 Å². The van der Waals surface area contributed by atoms with E-state index < -0.39 is 6.04 Å². The summed E-state index contributed by atoms with van der Waals surface area (Å²) in [5, 5.41) is 1.66. The zero-order valence-electron chi connectivity index (χ0n) is 19.5. The molecule has 4 rings (SSSR count). The molecule has 4 N–H and O–H groups in total. The van der Waals surface area contributed by atoms with E-state index in [1.807, 2.05) is 70.2 Å². The summed E-state index contributed by atoms with van der Waals surface area (Å²) >= 11 is 0. The molecule has 1 fully saturated rings. The summed E-state index contributed by atoms with van der Waals surface area (Å²) in [4.78, 5) is 28.0. The molecule has 0 bridgehead atoms. The summed E-state index contributed by atoms with van der Waals surface area (Å²) in [6.45, 7) is 0.234. The Labute approximate surface area is 219 Å². The Kier molecular flexibility index (Phi) is 10.8. The molecule has 6 nitrogen and oxygen atoms in total. The monoisotopic (exact) mass is 534 g/mol. The van der Waals surface area contributed by atoms with Gasteiger partial charge in [0, 0.05) is 40.9 Å². The van der Waals surface area contributed by atoms with E-state index in [1.165, 1.54) is 18.6 Å². The Balaban J connectivity index is 0.00000342. The first-order valence-electron chi connectivity index (χ1n) is 11.7. The Hall–Kier alpha value is -2.13. The van der Waals surface area contributed by atoms with E-state index in [2.05, 4.69) is 10.7 Å². The van der Waals surface area contributed by atoms with Gasteiger partial charge in [0.25, 0.3) is 0 Å². The molecule has 1 aromatic heterocycles. The lowest BCUT2D eigenvalue weighted by molar-refractivity contribution is -0.408. The molecular formula is C26H31ClN2O4S2. The van der Waals surface area contributed by atoms with Gasteiger partial charge in [-0.2, -0.15) is 0 Å². The largest absolute Gasteiger partial charge is 1.00 e. The van der Waals surface area contributed by atoms with Gasteiger partial charge in [0.2, 0.25) is 0 Å². The van der Waals surface area contributed by atoms with Crippen molar-refractivity contribution in [1.82, 2.24) is 4.98 Å². The van der Waals surface area contributed by atoms with Crippen LogP contribution in [0, 0.1) is 0 Å². The Morgan fingerprint density at radius 2 is 1.97 bits per heavy atom. The Morgan fingerprint density at radius 3 is 2.74 bits per heavy atom. The number of ether oxygens (including phenoxy) is 2. The van der Waals surface area contributed by atoms with Crippen LogP contribution in [-0.4, -0.2) is 34.0 Å². The zero-order valence-corrected chi connectivity index (χ0v) is 21.9. The van der Waals surface area contributed by atoms with E-state index in [9.17, 15) is 9.59 Å². The number of carbonyl (C=O) groups excluding carboxylic acids is 2. The number of aromatic nitrogens is 1. The molecule has 0 aliphatic carbocycles. The molecule has 3 aromatic rings. The van der Waals surface area contributed by atoms with E-state index in [4.69, 9.17) is 9.47 Å². The molecule has 9 heteroatoms. The maximum Gasteiger partial charge on any atom is 0.365 e. The van der Waals surface area contributed by atoms with Gasteiger partial charge in [0.1, 0.15) is 12.4 Å². The average Bonchev–Trinajstić information content (AvgIpc) is 3.51. The highest BCUT2D eigenvalue weighted by Crippen LogP contribution is 2.39. The third-order valence-electron chi connectivity index (χ3n) is 5.88. The molecule has 35 heavy (non-hydrogen) atoms. The Morgan fingerprint density at radius 1 is 1.14 bits per heavy atom. The molecule has 1 unspecified atom stereocenters. The van der Waals surface area contributed by atoms with Gasteiger partial charge in [0.05, 0.1) is 0 Å². The number of carbonyl (C=O) groups is 2. The smallest absolute Gasteiger partial charge is 0.365 e. The number of benzene rings is 2. The average molecular weight is 535 g/mol. The van der Waals surface area contributed by atoms with Crippen molar-refractivity contribution < 1.29 is 37.2 Å². The minimum absolute atomic E-state index is 0. The van der Waals surface area contributed by atoms with Gasteiger partial charge in [0.15, 0.2) is 6.04 Å². The zero-order chi connectivity index (χ0) is 23.8. The van der Waals surface area contributed by atoms with Gasteiger partial charge in [-0.25, -0.2) is 4.79 Å². The number of esters is 2. The predicted octanol–water partition coefficient (Wildman–Crippen LogP) is 1.69. The molecule has 1 saturated heterocycles. The summed E-state index contributed by atoms with van der Waals surface area (Å²) in [5.74, 6) is 1.22. The van der Waals surface area contributed by atoms with Crippen LogP contribution in [-0.2, 0) is 27.4 Å². The quantitative estimate of drug-likeness (QED) is 0.168. The fourth-order valence-corrected chi connectivity index (χ4v) is 7.00. The van der Waals surface area contributed by atoms with Crippen LogP contribution < -0.4 is 22.9 Å². The number of unbranched alkanes of at least 4 members (excludes halogenated alkanes) is 1. The number of aromatic amines is 1. The van der Waals surface area contributed by atoms with Gasteiger partial charge in [-0.3, -0.25) is 4.79 Å².